The van der Waals surface area contributed by atoms with Crippen molar-refractivity contribution in [2.45, 2.75) is 11.8 Å². The Morgan fingerprint density at radius 1 is 1.64 bits per heavy atom. The predicted octanol–water partition coefficient (Wildman–Crippen LogP) is 0.102. The lowest BCUT2D eigenvalue weighted by Gasteiger charge is -2.04. The minimum absolute atomic E-state index is 0.360. The second-order valence-corrected chi connectivity index (χ2v) is 3.17. The molecule has 0 amide bonds. The fourth-order valence-corrected chi connectivity index (χ4v) is 1.39. The zero-order valence-corrected chi connectivity index (χ0v) is 6.75. The van der Waals surface area contributed by atoms with Gasteiger partial charge in [-0.3, -0.25) is 4.79 Å². The van der Waals surface area contributed by atoms with Crippen LogP contribution < -0.4 is 5.73 Å². The highest BCUT2D eigenvalue weighted by molar-refractivity contribution is 8.00. The molecule has 61 valence electrons. The van der Waals surface area contributed by atoms with Gasteiger partial charge < -0.3 is 5.73 Å². The summed E-state index contributed by atoms with van der Waals surface area (Å²) in [4.78, 5) is 10.2. The molecule has 0 saturated heterocycles. The predicted molar refractivity (Wildman–Crippen MR) is 42.3 cm³/mol. The van der Waals surface area contributed by atoms with E-state index in [2.05, 4.69) is 10.4 Å². The summed E-state index contributed by atoms with van der Waals surface area (Å²) in [6.07, 6.45) is 2.73. The normalized spacial score (nSPS) is 16.6. The van der Waals surface area contributed by atoms with Crippen LogP contribution in [-0.2, 0) is 4.79 Å². The Balaban J connectivity index is 2.06. The van der Waals surface area contributed by atoms with Gasteiger partial charge in [0.25, 0.3) is 0 Å². The van der Waals surface area contributed by atoms with Gasteiger partial charge in [0.2, 0.25) is 6.29 Å². The van der Waals surface area contributed by atoms with E-state index in [9.17, 15) is 4.79 Å². The summed E-state index contributed by atoms with van der Waals surface area (Å²) < 4.78 is 0. The van der Waals surface area contributed by atoms with Crippen LogP contribution in [0.15, 0.2) is 10.4 Å². The van der Waals surface area contributed by atoms with Crippen molar-refractivity contribution >= 4 is 18.0 Å². The molecule has 0 spiro atoms. The average Bonchev–Trinajstić information content (AvgIpc) is 2.81. The minimum Gasteiger partial charge on any atom is -0.330 e. The van der Waals surface area contributed by atoms with Gasteiger partial charge in [0.05, 0.1) is 0 Å². The maximum atomic E-state index is 10.2. The van der Waals surface area contributed by atoms with E-state index in [-0.39, 0.29) is 5.37 Å². The number of nitrogens with zero attached hydrogens (tertiary/aromatic N) is 3. The molecule has 6 heteroatoms. The van der Waals surface area contributed by atoms with Gasteiger partial charge >= 0.3 is 0 Å². The highest BCUT2D eigenvalue weighted by Gasteiger charge is 2.24. The fourth-order valence-electron chi connectivity index (χ4n) is 0.543. The van der Waals surface area contributed by atoms with Crippen LogP contribution in [0.1, 0.15) is 6.42 Å². The number of rotatable bonds is 6. The van der Waals surface area contributed by atoms with E-state index in [1.807, 2.05) is 6.29 Å². The van der Waals surface area contributed by atoms with Gasteiger partial charge in [-0.25, -0.2) is 0 Å². The summed E-state index contributed by atoms with van der Waals surface area (Å²) in [6.45, 7) is 0.646. The highest BCUT2D eigenvalue weighted by Crippen LogP contribution is 2.22. The summed E-state index contributed by atoms with van der Waals surface area (Å²) in [6, 6.07) is 0. The van der Waals surface area contributed by atoms with E-state index in [4.69, 9.17) is 5.73 Å². The Hall–Kier alpha value is -0.620. The molecular formula is C5H9N4OS. The standard InChI is InChI=1S/C5H9N4OS/c6-2-1-3-11-5(4-10)9-7-8-9/h5H,1-3,6H2/t5-/m0/s1. The molecule has 0 bridgehead atoms. The SMILES string of the molecule is NCCCS[C@@H]([C]=O)N1N=N1. The van der Waals surface area contributed by atoms with Crippen molar-refractivity contribution < 1.29 is 4.79 Å². The van der Waals surface area contributed by atoms with E-state index in [0.717, 1.165) is 12.2 Å². The monoisotopic (exact) mass is 173 g/mol. The van der Waals surface area contributed by atoms with Gasteiger partial charge in [-0.2, -0.15) is 0 Å². The average molecular weight is 173 g/mol. The van der Waals surface area contributed by atoms with Crippen molar-refractivity contribution in [2.75, 3.05) is 12.3 Å². The highest BCUT2D eigenvalue weighted by atomic mass is 32.2. The summed E-state index contributed by atoms with van der Waals surface area (Å²) in [7, 11) is 0. The fraction of sp³-hybridized carbons (Fsp3) is 0.800. The minimum atomic E-state index is -0.360. The summed E-state index contributed by atoms with van der Waals surface area (Å²) >= 11 is 1.45. The second-order valence-electron chi connectivity index (χ2n) is 1.98. The van der Waals surface area contributed by atoms with Gasteiger partial charge in [-0.05, 0) is 29.2 Å². The van der Waals surface area contributed by atoms with Crippen molar-refractivity contribution in [2.24, 2.45) is 16.2 Å². The number of nitrogens with two attached hydrogens (primary N) is 1. The van der Waals surface area contributed by atoms with E-state index < -0.39 is 0 Å². The second kappa shape index (κ2) is 4.30. The van der Waals surface area contributed by atoms with Gasteiger partial charge in [-0.1, -0.05) is 0 Å². The molecule has 0 aliphatic carbocycles. The number of hydrogen-bond donors (Lipinski definition) is 1. The van der Waals surface area contributed by atoms with Crippen molar-refractivity contribution in [1.29, 1.82) is 0 Å². The molecular weight excluding hydrogens is 164 g/mol. The molecule has 0 unspecified atom stereocenters. The molecule has 11 heavy (non-hydrogen) atoms. The molecule has 1 radical (unpaired) electrons. The largest absolute Gasteiger partial charge is 0.330 e. The first-order valence-corrected chi connectivity index (χ1v) is 4.33. The van der Waals surface area contributed by atoms with Crippen molar-refractivity contribution in [3.63, 3.8) is 0 Å². The lowest BCUT2D eigenvalue weighted by molar-refractivity contribution is 0.477. The Morgan fingerprint density at radius 2 is 2.36 bits per heavy atom. The molecule has 1 rings (SSSR count). The van der Waals surface area contributed by atoms with Crippen LogP contribution >= 0.6 is 11.8 Å². The summed E-state index contributed by atoms with van der Waals surface area (Å²) in [5, 5.41) is 7.97. The van der Waals surface area contributed by atoms with Crippen LogP contribution in [0.4, 0.5) is 0 Å². The first-order chi connectivity index (χ1) is 5.38. The summed E-state index contributed by atoms with van der Waals surface area (Å²) in [5.74, 6) is 0.845. The van der Waals surface area contributed by atoms with Crippen molar-refractivity contribution in [1.82, 2.24) is 5.12 Å². The Labute approximate surface area is 69.0 Å². The van der Waals surface area contributed by atoms with Crippen molar-refractivity contribution in [3.05, 3.63) is 0 Å². The first kappa shape index (κ1) is 8.48. The van der Waals surface area contributed by atoms with E-state index in [0.29, 0.717) is 6.54 Å². The molecule has 0 aromatic rings. The molecule has 1 aliphatic heterocycles. The molecule has 0 aromatic heterocycles. The van der Waals surface area contributed by atoms with Crippen molar-refractivity contribution in [3.8, 4) is 0 Å². The first-order valence-electron chi connectivity index (χ1n) is 3.28. The third-order valence-electron chi connectivity index (χ3n) is 1.13. The van der Waals surface area contributed by atoms with Crippen LogP contribution in [-0.4, -0.2) is 29.1 Å². The smallest absolute Gasteiger partial charge is 0.238 e. The number of thioether (sulfide) groups is 1. The Kier molecular flexibility index (Phi) is 3.31. The maximum Gasteiger partial charge on any atom is 0.238 e. The Bertz CT molecular complexity index is 157. The quantitative estimate of drug-likeness (QED) is 0.578. The van der Waals surface area contributed by atoms with Crippen LogP contribution in [0.5, 0.6) is 0 Å². The molecule has 2 N–H and O–H groups in total. The topological polar surface area (TPSA) is 70.8 Å². The van der Waals surface area contributed by atoms with E-state index in [1.54, 1.807) is 0 Å². The zero-order valence-electron chi connectivity index (χ0n) is 5.93. The molecule has 0 saturated carbocycles. The van der Waals surface area contributed by atoms with Gasteiger partial charge in [0.1, 0.15) is 0 Å². The van der Waals surface area contributed by atoms with Crippen LogP contribution in [0.25, 0.3) is 0 Å². The molecule has 5 nitrogen and oxygen atoms in total. The summed E-state index contributed by atoms with van der Waals surface area (Å²) in [5.41, 5.74) is 5.28. The third kappa shape index (κ3) is 2.85. The molecule has 0 fully saturated rings. The molecule has 1 aliphatic rings. The van der Waals surface area contributed by atoms with Gasteiger partial charge in [0, 0.05) is 0 Å². The van der Waals surface area contributed by atoms with Gasteiger partial charge in [-0.15, -0.1) is 16.9 Å². The lowest BCUT2D eigenvalue weighted by Crippen LogP contribution is -2.16. The number of carbonyl (C=O) groups excluding carboxylic acids is 1. The third-order valence-corrected chi connectivity index (χ3v) is 2.25. The molecule has 1 atom stereocenters. The lowest BCUT2D eigenvalue weighted by atomic mass is 10.5. The van der Waals surface area contributed by atoms with Crippen LogP contribution in [0.2, 0.25) is 0 Å². The molecule has 0 aromatic carbocycles. The Morgan fingerprint density at radius 3 is 2.82 bits per heavy atom. The molecule has 1 heterocycles. The van der Waals surface area contributed by atoms with Gasteiger partial charge in [0.15, 0.2) is 5.37 Å². The number of hydrogen-bond acceptors (Lipinski definition) is 6. The van der Waals surface area contributed by atoms with Crippen LogP contribution in [0, 0.1) is 0 Å². The maximum absolute atomic E-state index is 10.2. The zero-order chi connectivity index (χ0) is 8.10. The van der Waals surface area contributed by atoms with Crippen LogP contribution in [0.3, 0.4) is 0 Å². The van der Waals surface area contributed by atoms with E-state index >= 15 is 0 Å². The van der Waals surface area contributed by atoms with E-state index in [1.165, 1.54) is 16.9 Å².